The molecule has 2 N–H and O–H groups in total. The van der Waals surface area contributed by atoms with Crippen LogP contribution in [0.3, 0.4) is 0 Å². The van der Waals surface area contributed by atoms with E-state index in [1.807, 2.05) is 25.2 Å². The lowest BCUT2D eigenvalue weighted by atomic mass is 9.77. The van der Waals surface area contributed by atoms with E-state index < -0.39 is 11.6 Å². The Bertz CT molecular complexity index is 912. The van der Waals surface area contributed by atoms with Crippen LogP contribution in [0.2, 0.25) is 0 Å². The minimum absolute atomic E-state index is 0.0916. The molecule has 5 rings (SSSR count). The Balaban J connectivity index is 1.72. The average molecular weight is 355 g/mol. The van der Waals surface area contributed by atoms with Crippen molar-refractivity contribution in [1.29, 1.82) is 0 Å². The molecule has 0 radical (unpaired) electrons. The molecule has 2 aromatic carbocycles. The van der Waals surface area contributed by atoms with E-state index in [2.05, 4.69) is 4.90 Å². The molecule has 0 fully saturated rings. The highest BCUT2D eigenvalue weighted by Crippen LogP contribution is 2.57. The first-order chi connectivity index (χ1) is 12.6. The van der Waals surface area contributed by atoms with E-state index in [1.165, 1.54) is 0 Å². The molecule has 6 nitrogen and oxygen atoms in total. The molecule has 2 heterocycles. The van der Waals surface area contributed by atoms with Gasteiger partial charge in [-0.15, -0.1) is 0 Å². The zero-order valence-electron chi connectivity index (χ0n) is 14.8. The largest absolute Gasteiger partial charge is 0.504 e. The van der Waals surface area contributed by atoms with Crippen LogP contribution in [-0.2, 0) is 18.4 Å². The van der Waals surface area contributed by atoms with Gasteiger partial charge in [0.1, 0.15) is 6.10 Å². The number of aliphatic hydroxyl groups excluding tert-OH is 1. The van der Waals surface area contributed by atoms with Crippen LogP contribution in [-0.4, -0.2) is 42.6 Å². The third kappa shape index (κ3) is 1.83. The number of aliphatic hydroxyl groups is 1. The Hall–Kier alpha value is -2.44. The molecule has 0 amide bonds. The van der Waals surface area contributed by atoms with Crippen LogP contribution in [0.1, 0.15) is 28.4 Å². The number of nitrogens with zero attached hydrogens (tertiary/aromatic N) is 1. The van der Waals surface area contributed by atoms with Crippen LogP contribution in [0.15, 0.2) is 24.3 Å². The first-order valence-corrected chi connectivity index (χ1v) is 8.77. The molecule has 0 unspecified atom stereocenters. The lowest BCUT2D eigenvalue weighted by Gasteiger charge is -2.46. The second-order valence-corrected chi connectivity index (χ2v) is 7.23. The number of ether oxygens (including phenoxy) is 3. The molecule has 2 aromatic rings. The van der Waals surface area contributed by atoms with Crippen molar-refractivity contribution in [3.63, 3.8) is 0 Å². The number of hydrogen-bond acceptors (Lipinski definition) is 6. The van der Waals surface area contributed by atoms with Crippen molar-refractivity contribution in [3.05, 3.63) is 46.5 Å². The molecule has 1 spiro atoms. The van der Waals surface area contributed by atoms with Gasteiger partial charge >= 0.3 is 0 Å². The van der Waals surface area contributed by atoms with Gasteiger partial charge in [0.15, 0.2) is 23.0 Å². The van der Waals surface area contributed by atoms with Gasteiger partial charge in [0.05, 0.1) is 12.6 Å². The predicted octanol–water partition coefficient (Wildman–Crippen LogP) is 2.10. The Morgan fingerprint density at radius 3 is 2.88 bits per heavy atom. The highest BCUT2D eigenvalue weighted by Gasteiger charge is 2.54. The molecule has 2 aliphatic heterocycles. The Kier molecular flexibility index (Phi) is 3.21. The number of likely N-dealkylation sites (N-methyl/N-ethyl adjacent to an activating group) is 1. The van der Waals surface area contributed by atoms with Gasteiger partial charge in [-0.2, -0.15) is 0 Å². The highest BCUT2D eigenvalue weighted by molar-refractivity contribution is 5.60. The van der Waals surface area contributed by atoms with E-state index in [0.717, 1.165) is 35.2 Å². The standard InChI is InChI=1S/C20H21NO5/c1-21-6-5-11-7-16(24-2)14(22)8-13(11)20(21)9-12-3-4-15-18(26-10-25-15)17(12)19(20)23/h3-4,7-8,19,22-23H,5-6,9-10H2,1-2H3/t19-,20+/m1/s1. The number of rotatable bonds is 1. The van der Waals surface area contributed by atoms with E-state index in [4.69, 9.17) is 14.2 Å². The molecule has 0 saturated carbocycles. The number of methoxy groups -OCH3 is 1. The van der Waals surface area contributed by atoms with E-state index in [9.17, 15) is 10.2 Å². The van der Waals surface area contributed by atoms with Gasteiger partial charge in [0, 0.05) is 12.1 Å². The molecular formula is C20H21NO5. The number of hydrogen-bond donors (Lipinski definition) is 2. The number of fused-ring (bicyclic) bond motifs is 5. The van der Waals surface area contributed by atoms with Crippen LogP contribution in [0.5, 0.6) is 23.0 Å². The topological polar surface area (TPSA) is 71.4 Å². The minimum Gasteiger partial charge on any atom is -0.504 e. The SMILES string of the molecule is COc1cc2c(cc1O)[C@]1(Cc3ccc4c(c3[C@H]1O)OCO4)N(C)CC2. The van der Waals surface area contributed by atoms with Gasteiger partial charge in [0.2, 0.25) is 6.79 Å². The molecule has 136 valence electrons. The zero-order valence-corrected chi connectivity index (χ0v) is 14.8. The fourth-order valence-corrected chi connectivity index (χ4v) is 4.78. The second kappa shape index (κ2) is 5.28. The Morgan fingerprint density at radius 1 is 1.23 bits per heavy atom. The minimum atomic E-state index is -0.772. The molecule has 0 aromatic heterocycles. The van der Waals surface area contributed by atoms with Crippen molar-refractivity contribution in [1.82, 2.24) is 4.90 Å². The predicted molar refractivity (Wildman–Crippen MR) is 93.9 cm³/mol. The van der Waals surface area contributed by atoms with Crippen molar-refractivity contribution in [2.75, 3.05) is 27.5 Å². The Labute approximate surface area is 151 Å². The van der Waals surface area contributed by atoms with Crippen LogP contribution in [0.4, 0.5) is 0 Å². The molecule has 6 heteroatoms. The monoisotopic (exact) mass is 355 g/mol. The van der Waals surface area contributed by atoms with Crippen molar-refractivity contribution < 1.29 is 24.4 Å². The number of phenols is 1. The number of phenolic OH excluding ortho intramolecular Hbond substituents is 1. The maximum atomic E-state index is 11.5. The van der Waals surface area contributed by atoms with Gasteiger partial charge in [-0.1, -0.05) is 6.07 Å². The van der Waals surface area contributed by atoms with Crippen LogP contribution < -0.4 is 14.2 Å². The average Bonchev–Trinajstić information content (AvgIpc) is 3.22. The lowest BCUT2D eigenvalue weighted by Crippen LogP contribution is -2.51. The summed E-state index contributed by atoms with van der Waals surface area (Å²) in [6, 6.07) is 7.55. The number of benzene rings is 2. The molecule has 0 saturated heterocycles. The normalized spacial score (nSPS) is 26.0. The first kappa shape index (κ1) is 15.8. The summed E-state index contributed by atoms with van der Waals surface area (Å²) in [4.78, 5) is 2.19. The molecule has 26 heavy (non-hydrogen) atoms. The van der Waals surface area contributed by atoms with Crippen molar-refractivity contribution in [3.8, 4) is 23.0 Å². The maximum absolute atomic E-state index is 11.5. The second-order valence-electron chi connectivity index (χ2n) is 7.23. The fraction of sp³-hybridized carbons (Fsp3) is 0.400. The fourth-order valence-electron chi connectivity index (χ4n) is 4.78. The molecule has 2 atom stereocenters. The third-order valence-electron chi connectivity index (χ3n) is 6.12. The van der Waals surface area contributed by atoms with E-state index in [1.54, 1.807) is 13.2 Å². The van der Waals surface area contributed by atoms with E-state index in [-0.39, 0.29) is 12.5 Å². The summed E-state index contributed by atoms with van der Waals surface area (Å²) >= 11 is 0. The van der Waals surface area contributed by atoms with Crippen molar-refractivity contribution >= 4 is 0 Å². The van der Waals surface area contributed by atoms with Crippen molar-refractivity contribution in [2.24, 2.45) is 0 Å². The van der Waals surface area contributed by atoms with Gasteiger partial charge in [-0.3, -0.25) is 4.90 Å². The van der Waals surface area contributed by atoms with E-state index >= 15 is 0 Å². The summed E-state index contributed by atoms with van der Waals surface area (Å²) in [5.41, 5.74) is 3.26. The molecule has 1 aliphatic carbocycles. The quantitative estimate of drug-likeness (QED) is 0.816. The smallest absolute Gasteiger partial charge is 0.231 e. The maximum Gasteiger partial charge on any atom is 0.231 e. The van der Waals surface area contributed by atoms with Crippen molar-refractivity contribution in [2.45, 2.75) is 24.5 Å². The summed E-state index contributed by atoms with van der Waals surface area (Å²) in [5, 5.41) is 21.8. The summed E-state index contributed by atoms with van der Waals surface area (Å²) in [5.74, 6) is 1.88. The summed E-state index contributed by atoms with van der Waals surface area (Å²) in [7, 11) is 3.57. The van der Waals surface area contributed by atoms with Crippen LogP contribution in [0.25, 0.3) is 0 Å². The summed E-state index contributed by atoms with van der Waals surface area (Å²) < 4.78 is 16.4. The molecule has 0 bridgehead atoms. The molecule has 3 aliphatic rings. The van der Waals surface area contributed by atoms with Gasteiger partial charge < -0.3 is 24.4 Å². The highest BCUT2D eigenvalue weighted by atomic mass is 16.7. The van der Waals surface area contributed by atoms with Gasteiger partial charge in [-0.25, -0.2) is 0 Å². The zero-order chi connectivity index (χ0) is 18.1. The van der Waals surface area contributed by atoms with Crippen LogP contribution in [0, 0.1) is 0 Å². The first-order valence-electron chi connectivity index (χ1n) is 8.77. The summed E-state index contributed by atoms with van der Waals surface area (Å²) in [6.07, 6.45) is 0.714. The van der Waals surface area contributed by atoms with Crippen LogP contribution >= 0.6 is 0 Å². The van der Waals surface area contributed by atoms with Gasteiger partial charge in [-0.05, 0) is 54.8 Å². The van der Waals surface area contributed by atoms with Gasteiger partial charge in [0.25, 0.3) is 0 Å². The lowest BCUT2D eigenvalue weighted by molar-refractivity contribution is -0.0206. The van der Waals surface area contributed by atoms with E-state index in [0.29, 0.717) is 23.7 Å². The number of aromatic hydroxyl groups is 1. The molecular weight excluding hydrogens is 334 g/mol. The Morgan fingerprint density at radius 2 is 2.08 bits per heavy atom. The summed E-state index contributed by atoms with van der Waals surface area (Å²) in [6.45, 7) is 0.988. The third-order valence-corrected chi connectivity index (χ3v) is 6.12.